The first-order valence-electron chi connectivity index (χ1n) is 9.55. The lowest BCUT2D eigenvalue weighted by Crippen LogP contribution is -2.41. The molecule has 0 spiro atoms. The molecule has 0 aromatic heterocycles. The van der Waals surface area contributed by atoms with E-state index in [0.717, 1.165) is 19.3 Å². The van der Waals surface area contributed by atoms with Gasteiger partial charge in [0.15, 0.2) is 0 Å². The van der Waals surface area contributed by atoms with Gasteiger partial charge in [-0.1, -0.05) is 70.1 Å². The van der Waals surface area contributed by atoms with Crippen LogP contribution in [0, 0.1) is 5.92 Å². The summed E-state index contributed by atoms with van der Waals surface area (Å²) in [6.07, 6.45) is 10.8. The van der Waals surface area contributed by atoms with Gasteiger partial charge in [0.25, 0.3) is 0 Å². The Morgan fingerprint density at radius 3 is 2.22 bits per heavy atom. The van der Waals surface area contributed by atoms with Gasteiger partial charge in [0, 0.05) is 0 Å². The Balaban J connectivity index is 0.000000646. The van der Waals surface area contributed by atoms with Crippen molar-refractivity contribution >= 4 is 10.4 Å². The van der Waals surface area contributed by atoms with Crippen LogP contribution in [-0.2, 0) is 15.1 Å². The van der Waals surface area contributed by atoms with Crippen LogP contribution in [0.3, 0.4) is 0 Å². The zero-order valence-corrected chi connectivity index (χ0v) is 16.7. The summed E-state index contributed by atoms with van der Waals surface area (Å²) < 4.78 is 42.8. The lowest BCUT2D eigenvalue weighted by Gasteiger charge is -2.29. The first-order chi connectivity index (χ1) is 12.7. The Morgan fingerprint density at radius 2 is 1.63 bits per heavy atom. The standard InChI is InChI=1S/C19H30O3.H2O4S/c1-2-3-4-5-6-7-9-12-17-15-16-21-19(17,20)22-18-13-10-8-11-14-18;1-5(2,3)4/h8,10-11,13-14,17,20H,2-7,9,12,15-16H2,1H3;(H2,1,2,3,4). The topological polar surface area (TPSA) is 113 Å². The van der Waals surface area contributed by atoms with Crippen molar-refractivity contribution in [2.75, 3.05) is 6.61 Å². The number of para-hydroxylation sites is 1. The first kappa shape index (κ1) is 23.8. The molecule has 7 nitrogen and oxygen atoms in total. The predicted molar refractivity (Wildman–Crippen MR) is 103 cm³/mol. The van der Waals surface area contributed by atoms with Gasteiger partial charge in [-0.2, -0.15) is 8.42 Å². The molecule has 1 aromatic carbocycles. The van der Waals surface area contributed by atoms with E-state index >= 15 is 0 Å². The van der Waals surface area contributed by atoms with Crippen molar-refractivity contribution in [2.45, 2.75) is 70.7 Å². The average molecular weight is 405 g/mol. The van der Waals surface area contributed by atoms with Gasteiger partial charge in [0.1, 0.15) is 5.75 Å². The van der Waals surface area contributed by atoms with Crippen molar-refractivity contribution in [1.29, 1.82) is 0 Å². The van der Waals surface area contributed by atoms with Crippen molar-refractivity contribution in [2.24, 2.45) is 5.92 Å². The number of ether oxygens (including phenoxy) is 2. The summed E-state index contributed by atoms with van der Waals surface area (Å²) in [5.74, 6) is -0.705. The molecular formula is C19H32O7S. The highest BCUT2D eigenvalue weighted by Crippen LogP contribution is 2.35. The van der Waals surface area contributed by atoms with E-state index in [2.05, 4.69) is 6.92 Å². The molecular weight excluding hydrogens is 372 g/mol. The maximum Gasteiger partial charge on any atom is 0.394 e. The van der Waals surface area contributed by atoms with Crippen LogP contribution in [0.15, 0.2) is 30.3 Å². The number of hydrogen-bond donors (Lipinski definition) is 3. The van der Waals surface area contributed by atoms with Crippen molar-refractivity contribution in [3.05, 3.63) is 30.3 Å². The van der Waals surface area contributed by atoms with Crippen molar-refractivity contribution in [3.8, 4) is 5.75 Å². The molecule has 1 fully saturated rings. The van der Waals surface area contributed by atoms with Crippen LogP contribution >= 0.6 is 0 Å². The van der Waals surface area contributed by atoms with Gasteiger partial charge >= 0.3 is 16.4 Å². The summed E-state index contributed by atoms with van der Waals surface area (Å²) in [6, 6.07) is 9.44. The second-order valence-electron chi connectivity index (χ2n) is 6.74. The summed E-state index contributed by atoms with van der Waals surface area (Å²) in [4.78, 5) is 0. The van der Waals surface area contributed by atoms with Gasteiger partial charge in [-0.05, 0) is 25.0 Å². The number of unbranched alkanes of at least 4 members (excludes halogenated alkanes) is 6. The SMILES string of the molecule is CCCCCCCCCC1CCOC1(O)Oc1ccccc1.O=S(=O)(O)O. The lowest BCUT2D eigenvalue weighted by molar-refractivity contribution is -0.317. The number of rotatable bonds is 10. The molecule has 1 heterocycles. The molecule has 1 aliphatic rings. The number of benzene rings is 1. The second-order valence-corrected chi connectivity index (χ2v) is 7.63. The Hall–Kier alpha value is -1.19. The van der Waals surface area contributed by atoms with E-state index in [0.29, 0.717) is 12.4 Å². The molecule has 0 amide bonds. The summed E-state index contributed by atoms with van der Waals surface area (Å²) in [7, 11) is -4.67. The molecule has 1 aromatic rings. The highest BCUT2D eigenvalue weighted by atomic mass is 32.3. The maximum atomic E-state index is 10.6. The minimum Gasteiger partial charge on any atom is -0.439 e. The van der Waals surface area contributed by atoms with E-state index in [1.165, 1.54) is 38.5 Å². The highest BCUT2D eigenvalue weighted by molar-refractivity contribution is 7.79. The monoisotopic (exact) mass is 404 g/mol. The third-order valence-electron chi connectivity index (χ3n) is 4.45. The third kappa shape index (κ3) is 11.3. The van der Waals surface area contributed by atoms with E-state index in [-0.39, 0.29) is 5.92 Å². The van der Waals surface area contributed by atoms with E-state index in [4.69, 9.17) is 27.0 Å². The molecule has 8 heteroatoms. The molecule has 2 atom stereocenters. The van der Waals surface area contributed by atoms with E-state index in [1.54, 1.807) is 0 Å². The van der Waals surface area contributed by atoms with E-state index in [1.807, 2.05) is 30.3 Å². The van der Waals surface area contributed by atoms with Crippen LogP contribution < -0.4 is 4.74 Å². The number of aliphatic hydroxyl groups is 1. The van der Waals surface area contributed by atoms with Crippen molar-refractivity contribution in [3.63, 3.8) is 0 Å². The summed E-state index contributed by atoms with van der Waals surface area (Å²) in [5.41, 5.74) is 0. The van der Waals surface area contributed by atoms with Crippen LogP contribution in [-0.4, -0.2) is 35.2 Å². The van der Waals surface area contributed by atoms with Gasteiger partial charge < -0.3 is 14.6 Å². The minimum absolute atomic E-state index is 0.0725. The fraction of sp³-hybridized carbons (Fsp3) is 0.684. The van der Waals surface area contributed by atoms with Crippen molar-refractivity contribution in [1.82, 2.24) is 0 Å². The maximum absolute atomic E-state index is 10.6. The van der Waals surface area contributed by atoms with Gasteiger partial charge in [0.05, 0.1) is 12.5 Å². The second kappa shape index (κ2) is 12.3. The Bertz CT molecular complexity index is 598. The number of hydrogen-bond acceptors (Lipinski definition) is 5. The zero-order valence-electron chi connectivity index (χ0n) is 15.9. The predicted octanol–water partition coefficient (Wildman–Crippen LogP) is 4.24. The first-order valence-corrected chi connectivity index (χ1v) is 10.9. The van der Waals surface area contributed by atoms with Crippen LogP contribution in [0.5, 0.6) is 5.75 Å². The van der Waals surface area contributed by atoms with Crippen LogP contribution in [0.4, 0.5) is 0 Å². The third-order valence-corrected chi connectivity index (χ3v) is 4.45. The fourth-order valence-electron chi connectivity index (χ4n) is 3.09. The smallest absolute Gasteiger partial charge is 0.394 e. The molecule has 0 bridgehead atoms. The normalized spacial score (nSPS) is 22.1. The summed E-state index contributed by atoms with van der Waals surface area (Å²) in [6.45, 7) is 2.82. The van der Waals surface area contributed by atoms with Gasteiger partial charge in [-0.3, -0.25) is 9.11 Å². The fourth-order valence-corrected chi connectivity index (χ4v) is 3.09. The summed E-state index contributed by atoms with van der Waals surface area (Å²) in [5, 5.41) is 10.6. The van der Waals surface area contributed by atoms with E-state index < -0.39 is 16.4 Å². The molecule has 1 aliphatic heterocycles. The quantitative estimate of drug-likeness (QED) is 0.304. The molecule has 1 saturated heterocycles. The molecule has 3 N–H and O–H groups in total. The van der Waals surface area contributed by atoms with Gasteiger partial charge in [0.2, 0.25) is 0 Å². The van der Waals surface area contributed by atoms with Crippen molar-refractivity contribution < 1.29 is 32.1 Å². The molecule has 0 aliphatic carbocycles. The van der Waals surface area contributed by atoms with Crippen LogP contribution in [0.1, 0.15) is 64.7 Å². The summed E-state index contributed by atoms with van der Waals surface area (Å²) >= 11 is 0. The Kier molecular flexibility index (Phi) is 10.9. The molecule has 0 radical (unpaired) electrons. The van der Waals surface area contributed by atoms with Gasteiger partial charge in [-0.25, -0.2) is 0 Å². The highest BCUT2D eigenvalue weighted by Gasteiger charge is 2.45. The Labute approximate surface area is 162 Å². The Morgan fingerprint density at radius 1 is 1.07 bits per heavy atom. The van der Waals surface area contributed by atoms with Crippen LogP contribution in [0.2, 0.25) is 0 Å². The van der Waals surface area contributed by atoms with Gasteiger partial charge in [-0.15, -0.1) is 0 Å². The molecule has 0 saturated carbocycles. The largest absolute Gasteiger partial charge is 0.439 e. The molecule has 156 valence electrons. The average Bonchev–Trinajstić information content (AvgIpc) is 2.94. The molecule has 27 heavy (non-hydrogen) atoms. The lowest BCUT2D eigenvalue weighted by atomic mass is 9.96. The van der Waals surface area contributed by atoms with E-state index in [9.17, 15) is 5.11 Å². The minimum atomic E-state index is -4.67. The molecule has 2 rings (SSSR count). The van der Waals surface area contributed by atoms with Crippen LogP contribution in [0.25, 0.3) is 0 Å². The molecule has 2 unspecified atom stereocenters. The zero-order chi connectivity index (χ0) is 20.2.